The molecule has 2 heterocycles. The molecule has 112 valence electrons. The molecule has 0 atom stereocenters. The molecule has 0 bridgehead atoms. The highest BCUT2D eigenvalue weighted by atomic mass is 15.3. The summed E-state index contributed by atoms with van der Waals surface area (Å²) in [6.45, 7) is 12.0. The molecule has 0 radical (unpaired) electrons. The Morgan fingerprint density at radius 3 is 2.50 bits per heavy atom. The topological polar surface area (TPSA) is 70.3 Å². The third-order valence-corrected chi connectivity index (χ3v) is 3.54. The van der Waals surface area contributed by atoms with Gasteiger partial charge in [0.25, 0.3) is 0 Å². The van der Waals surface area contributed by atoms with E-state index < -0.39 is 0 Å². The van der Waals surface area contributed by atoms with Crippen molar-refractivity contribution in [2.75, 3.05) is 43.0 Å². The van der Waals surface area contributed by atoms with E-state index in [0.29, 0.717) is 5.82 Å². The average Bonchev–Trinajstić information content (AvgIpc) is 2.46. The van der Waals surface area contributed by atoms with Gasteiger partial charge in [-0.3, -0.25) is 4.90 Å². The van der Waals surface area contributed by atoms with Crippen LogP contribution in [-0.2, 0) is 6.42 Å². The summed E-state index contributed by atoms with van der Waals surface area (Å²) in [5.41, 5.74) is 2.63. The van der Waals surface area contributed by atoms with Gasteiger partial charge in [0, 0.05) is 45.2 Å². The predicted octanol–water partition coefficient (Wildman–Crippen LogP) is 1.10. The maximum atomic E-state index is 5.48. The van der Waals surface area contributed by atoms with Crippen LogP contribution >= 0.6 is 0 Å². The Bertz CT molecular complexity index is 403. The molecular weight excluding hydrogens is 252 g/mol. The van der Waals surface area contributed by atoms with Crippen molar-refractivity contribution < 1.29 is 0 Å². The molecule has 0 spiro atoms. The first-order valence-corrected chi connectivity index (χ1v) is 7.44. The summed E-state index contributed by atoms with van der Waals surface area (Å²) >= 11 is 0. The van der Waals surface area contributed by atoms with Crippen LogP contribution in [0.4, 0.5) is 11.6 Å². The molecule has 1 aliphatic heterocycles. The molecule has 6 heteroatoms. The molecule has 1 aliphatic rings. The fourth-order valence-electron chi connectivity index (χ4n) is 2.55. The van der Waals surface area contributed by atoms with Crippen LogP contribution in [0.3, 0.4) is 0 Å². The van der Waals surface area contributed by atoms with Crippen molar-refractivity contribution in [1.82, 2.24) is 14.9 Å². The van der Waals surface area contributed by atoms with E-state index in [-0.39, 0.29) is 0 Å². The van der Waals surface area contributed by atoms with Crippen LogP contribution in [0, 0.1) is 5.92 Å². The number of nitrogens with zero attached hydrogens (tertiary/aromatic N) is 4. The van der Waals surface area contributed by atoms with Crippen LogP contribution < -0.4 is 16.2 Å². The van der Waals surface area contributed by atoms with Crippen molar-refractivity contribution in [2.45, 2.75) is 27.2 Å². The number of aryl methyl sites for hydroxylation is 1. The zero-order valence-corrected chi connectivity index (χ0v) is 12.8. The van der Waals surface area contributed by atoms with Gasteiger partial charge in [-0.25, -0.2) is 15.8 Å². The maximum absolute atomic E-state index is 5.48. The fourth-order valence-corrected chi connectivity index (χ4v) is 2.55. The second kappa shape index (κ2) is 6.85. The van der Waals surface area contributed by atoms with Gasteiger partial charge in [-0.1, -0.05) is 20.8 Å². The third kappa shape index (κ3) is 3.80. The van der Waals surface area contributed by atoms with Crippen molar-refractivity contribution in [1.29, 1.82) is 0 Å². The lowest BCUT2D eigenvalue weighted by Crippen LogP contribution is -2.47. The van der Waals surface area contributed by atoms with Crippen LogP contribution in [0.15, 0.2) is 6.07 Å². The lowest BCUT2D eigenvalue weighted by atomic mass is 10.2. The number of hydrogen-bond acceptors (Lipinski definition) is 6. The van der Waals surface area contributed by atoms with Gasteiger partial charge < -0.3 is 10.3 Å². The van der Waals surface area contributed by atoms with Gasteiger partial charge in [0.2, 0.25) is 0 Å². The summed E-state index contributed by atoms with van der Waals surface area (Å²) in [6, 6.07) is 1.93. The molecule has 0 aliphatic carbocycles. The molecule has 0 amide bonds. The summed E-state index contributed by atoms with van der Waals surface area (Å²) in [6.07, 6.45) is 0.815. The normalized spacial score (nSPS) is 16.8. The number of rotatable bonds is 5. The molecule has 3 N–H and O–H groups in total. The highest BCUT2D eigenvalue weighted by molar-refractivity contribution is 5.49. The van der Waals surface area contributed by atoms with Crippen LogP contribution in [-0.4, -0.2) is 47.6 Å². The highest BCUT2D eigenvalue weighted by Crippen LogP contribution is 2.18. The van der Waals surface area contributed by atoms with E-state index in [0.717, 1.165) is 50.2 Å². The van der Waals surface area contributed by atoms with E-state index >= 15 is 0 Å². The minimum absolute atomic E-state index is 0.691. The number of hydrogen-bond donors (Lipinski definition) is 2. The Morgan fingerprint density at radius 2 is 1.95 bits per heavy atom. The second-order valence-electron chi connectivity index (χ2n) is 5.71. The van der Waals surface area contributed by atoms with E-state index in [4.69, 9.17) is 5.84 Å². The van der Waals surface area contributed by atoms with Gasteiger partial charge >= 0.3 is 0 Å². The van der Waals surface area contributed by atoms with E-state index in [9.17, 15) is 0 Å². The zero-order chi connectivity index (χ0) is 14.5. The molecule has 0 aromatic carbocycles. The van der Waals surface area contributed by atoms with Gasteiger partial charge in [0.05, 0.1) is 0 Å². The standard InChI is InChI=1S/C14H26N6/c1-4-12-16-13(18-15)9-14(17-12)20-7-5-19(6-8-20)10-11(2)3/h9,11H,4-8,10,15H2,1-3H3,(H,16,17,18). The molecule has 1 aromatic rings. The average molecular weight is 278 g/mol. The van der Waals surface area contributed by atoms with E-state index in [2.05, 4.69) is 46.0 Å². The van der Waals surface area contributed by atoms with Gasteiger partial charge in [-0.15, -0.1) is 0 Å². The highest BCUT2D eigenvalue weighted by Gasteiger charge is 2.19. The summed E-state index contributed by atoms with van der Waals surface area (Å²) < 4.78 is 0. The summed E-state index contributed by atoms with van der Waals surface area (Å²) in [5.74, 6) is 8.71. The minimum Gasteiger partial charge on any atom is -0.354 e. The lowest BCUT2D eigenvalue weighted by molar-refractivity contribution is 0.231. The molecule has 1 aromatic heterocycles. The monoisotopic (exact) mass is 278 g/mol. The van der Waals surface area contributed by atoms with Crippen molar-refractivity contribution in [3.05, 3.63) is 11.9 Å². The molecule has 1 saturated heterocycles. The van der Waals surface area contributed by atoms with Crippen LogP contribution in [0.1, 0.15) is 26.6 Å². The Labute approximate surface area is 121 Å². The largest absolute Gasteiger partial charge is 0.354 e. The molecule has 20 heavy (non-hydrogen) atoms. The molecule has 6 nitrogen and oxygen atoms in total. The number of nitrogen functional groups attached to an aromatic ring is 1. The first-order chi connectivity index (χ1) is 9.62. The number of nitrogens with two attached hydrogens (primary N) is 1. The van der Waals surface area contributed by atoms with E-state index in [1.54, 1.807) is 0 Å². The maximum Gasteiger partial charge on any atom is 0.145 e. The number of anilines is 2. The van der Waals surface area contributed by atoms with Crippen molar-refractivity contribution in [2.24, 2.45) is 11.8 Å². The summed E-state index contributed by atoms with van der Waals surface area (Å²) in [4.78, 5) is 13.8. The fraction of sp³-hybridized carbons (Fsp3) is 0.714. The Hall–Kier alpha value is -1.40. The number of piperazine rings is 1. The van der Waals surface area contributed by atoms with E-state index in [1.807, 2.05) is 6.07 Å². The van der Waals surface area contributed by atoms with Crippen molar-refractivity contribution in [3.63, 3.8) is 0 Å². The van der Waals surface area contributed by atoms with Gasteiger partial charge in [0.1, 0.15) is 17.5 Å². The van der Waals surface area contributed by atoms with Crippen LogP contribution in [0.25, 0.3) is 0 Å². The smallest absolute Gasteiger partial charge is 0.145 e. The van der Waals surface area contributed by atoms with Crippen LogP contribution in [0.5, 0.6) is 0 Å². The molecular formula is C14H26N6. The van der Waals surface area contributed by atoms with Crippen LogP contribution in [0.2, 0.25) is 0 Å². The predicted molar refractivity (Wildman–Crippen MR) is 82.7 cm³/mol. The first-order valence-electron chi connectivity index (χ1n) is 7.44. The Morgan fingerprint density at radius 1 is 1.25 bits per heavy atom. The zero-order valence-electron chi connectivity index (χ0n) is 12.8. The lowest BCUT2D eigenvalue weighted by Gasteiger charge is -2.36. The first kappa shape index (κ1) is 15.0. The Kier molecular flexibility index (Phi) is 5.14. The van der Waals surface area contributed by atoms with Gasteiger partial charge in [-0.05, 0) is 5.92 Å². The summed E-state index contributed by atoms with van der Waals surface area (Å²) in [5, 5.41) is 0. The quantitative estimate of drug-likeness (QED) is 0.621. The minimum atomic E-state index is 0.691. The van der Waals surface area contributed by atoms with E-state index in [1.165, 1.54) is 6.54 Å². The molecule has 0 saturated carbocycles. The number of aromatic nitrogens is 2. The SMILES string of the molecule is CCc1nc(NN)cc(N2CCN(CC(C)C)CC2)n1. The Balaban J connectivity index is 2.02. The molecule has 1 fully saturated rings. The third-order valence-electron chi connectivity index (χ3n) is 3.54. The second-order valence-corrected chi connectivity index (χ2v) is 5.71. The van der Waals surface area contributed by atoms with Crippen molar-refractivity contribution >= 4 is 11.6 Å². The number of hydrazine groups is 1. The van der Waals surface area contributed by atoms with Gasteiger partial charge in [-0.2, -0.15) is 0 Å². The molecule has 0 unspecified atom stereocenters. The molecule has 2 rings (SSSR count). The summed E-state index contributed by atoms with van der Waals surface area (Å²) in [7, 11) is 0. The van der Waals surface area contributed by atoms with Gasteiger partial charge in [0.15, 0.2) is 0 Å². The number of nitrogens with one attached hydrogen (secondary N) is 1. The van der Waals surface area contributed by atoms with Crippen molar-refractivity contribution in [3.8, 4) is 0 Å².